The molecule has 0 aliphatic rings. The molecule has 1 rings (SSSR count). The van der Waals surface area contributed by atoms with Crippen LogP contribution in [-0.4, -0.2) is 64.0 Å². The van der Waals surface area contributed by atoms with Crippen LogP contribution in [0.3, 0.4) is 0 Å². The number of halogens is 4. The number of ether oxygens (including phenoxy) is 2. The Morgan fingerprint density at radius 2 is 1.93 bits per heavy atom. The first kappa shape index (κ1) is 25.6. The number of anilines is 1. The molecular formula is C17H28F3IN4O2. The van der Waals surface area contributed by atoms with Gasteiger partial charge in [-0.25, -0.2) is 0 Å². The molecule has 0 aliphatic carbocycles. The van der Waals surface area contributed by atoms with Gasteiger partial charge in [-0.3, -0.25) is 9.89 Å². The van der Waals surface area contributed by atoms with Crippen LogP contribution in [0.2, 0.25) is 0 Å². The normalized spacial score (nSPS) is 11.8. The quantitative estimate of drug-likeness (QED) is 0.306. The molecule has 27 heavy (non-hydrogen) atoms. The fourth-order valence-electron chi connectivity index (χ4n) is 2.18. The highest BCUT2D eigenvalue weighted by Gasteiger charge is 2.28. The summed E-state index contributed by atoms with van der Waals surface area (Å²) in [4.78, 5) is 5.50. The number of nitrogens with one attached hydrogen (secondary N) is 2. The summed E-state index contributed by atoms with van der Waals surface area (Å²) in [5.74, 6) is 1.70. The maximum absolute atomic E-state index is 12.3. The van der Waals surface area contributed by atoms with E-state index in [0.29, 0.717) is 30.6 Å². The number of hydrogen-bond donors (Lipinski definition) is 2. The van der Waals surface area contributed by atoms with Crippen LogP contribution >= 0.6 is 24.0 Å². The summed E-state index contributed by atoms with van der Waals surface area (Å²) in [5.41, 5.74) is 0.734. The van der Waals surface area contributed by atoms with Crippen molar-refractivity contribution in [3.05, 3.63) is 18.2 Å². The standard InChI is InChI=1S/C17H27F3N4O2.HI/c1-5-21-16(22-9-10-24(3)12-17(18,19)20)23-13-7-8-14(25-4)15(11-13)26-6-2;/h7-8,11H,5-6,9-10,12H2,1-4H3,(H2,21,22,23);1H. The molecule has 6 nitrogen and oxygen atoms in total. The van der Waals surface area contributed by atoms with Crippen molar-refractivity contribution >= 4 is 35.6 Å². The monoisotopic (exact) mass is 504 g/mol. The van der Waals surface area contributed by atoms with E-state index >= 15 is 0 Å². The molecule has 0 heterocycles. The third-order valence-electron chi connectivity index (χ3n) is 3.27. The molecule has 0 spiro atoms. The Morgan fingerprint density at radius 3 is 2.48 bits per heavy atom. The van der Waals surface area contributed by atoms with E-state index in [1.165, 1.54) is 11.9 Å². The van der Waals surface area contributed by atoms with Crippen LogP contribution in [0.15, 0.2) is 23.2 Å². The number of nitrogens with zero attached hydrogens (tertiary/aromatic N) is 2. The molecule has 1 aromatic rings. The van der Waals surface area contributed by atoms with Gasteiger partial charge in [-0.1, -0.05) is 0 Å². The molecule has 10 heteroatoms. The predicted octanol–water partition coefficient (Wildman–Crippen LogP) is 3.58. The second-order valence-electron chi connectivity index (χ2n) is 5.54. The molecule has 156 valence electrons. The topological polar surface area (TPSA) is 58.1 Å². The van der Waals surface area contributed by atoms with Crippen LogP contribution in [0, 0.1) is 0 Å². The third kappa shape index (κ3) is 10.5. The van der Waals surface area contributed by atoms with Crippen LogP contribution in [0.4, 0.5) is 18.9 Å². The molecule has 1 aromatic carbocycles. The number of benzene rings is 1. The van der Waals surface area contributed by atoms with Gasteiger partial charge in [-0.15, -0.1) is 24.0 Å². The fraction of sp³-hybridized carbons (Fsp3) is 0.588. The number of aliphatic imine (C=N–C) groups is 1. The minimum Gasteiger partial charge on any atom is -0.493 e. The zero-order chi connectivity index (χ0) is 19.6. The molecule has 0 saturated heterocycles. The zero-order valence-corrected chi connectivity index (χ0v) is 18.4. The molecule has 0 fully saturated rings. The SMILES string of the molecule is CCNC(=NCCN(C)CC(F)(F)F)Nc1ccc(OC)c(OCC)c1.I. The average molecular weight is 504 g/mol. The van der Waals surface area contributed by atoms with Crippen molar-refractivity contribution in [2.45, 2.75) is 20.0 Å². The van der Waals surface area contributed by atoms with Gasteiger partial charge in [0.2, 0.25) is 0 Å². The lowest BCUT2D eigenvalue weighted by atomic mass is 10.2. The van der Waals surface area contributed by atoms with Gasteiger partial charge in [0.1, 0.15) is 0 Å². The largest absolute Gasteiger partial charge is 0.493 e. The van der Waals surface area contributed by atoms with E-state index in [0.717, 1.165) is 5.69 Å². The molecule has 0 aromatic heterocycles. The zero-order valence-electron chi connectivity index (χ0n) is 16.0. The maximum atomic E-state index is 12.3. The summed E-state index contributed by atoms with van der Waals surface area (Å²) in [7, 11) is 2.98. The minimum absolute atomic E-state index is 0. The van der Waals surface area contributed by atoms with Crippen molar-refractivity contribution < 1.29 is 22.6 Å². The number of methoxy groups -OCH3 is 1. The minimum atomic E-state index is -4.21. The lowest BCUT2D eigenvalue weighted by Gasteiger charge is -2.18. The van der Waals surface area contributed by atoms with Gasteiger partial charge in [-0.05, 0) is 33.0 Å². The van der Waals surface area contributed by atoms with Crippen molar-refractivity contribution in [3.63, 3.8) is 0 Å². The molecule has 0 atom stereocenters. The van der Waals surface area contributed by atoms with E-state index in [2.05, 4.69) is 15.6 Å². The van der Waals surface area contributed by atoms with Gasteiger partial charge < -0.3 is 20.1 Å². The van der Waals surface area contributed by atoms with Crippen LogP contribution in [0.1, 0.15) is 13.8 Å². The Morgan fingerprint density at radius 1 is 1.22 bits per heavy atom. The lowest BCUT2D eigenvalue weighted by Crippen LogP contribution is -2.34. The van der Waals surface area contributed by atoms with Crippen molar-refractivity contribution in [1.82, 2.24) is 10.2 Å². The Labute approximate surface area is 175 Å². The van der Waals surface area contributed by atoms with Crippen molar-refractivity contribution in [1.29, 1.82) is 0 Å². The van der Waals surface area contributed by atoms with Crippen LogP contribution < -0.4 is 20.1 Å². The van der Waals surface area contributed by atoms with E-state index in [4.69, 9.17) is 9.47 Å². The highest BCUT2D eigenvalue weighted by molar-refractivity contribution is 14.0. The first-order valence-electron chi connectivity index (χ1n) is 8.40. The molecule has 0 aliphatic heterocycles. The molecule has 0 saturated carbocycles. The highest BCUT2D eigenvalue weighted by Crippen LogP contribution is 2.30. The van der Waals surface area contributed by atoms with Crippen LogP contribution in [-0.2, 0) is 0 Å². The summed E-state index contributed by atoms with van der Waals surface area (Å²) in [5, 5.41) is 6.17. The Balaban J connectivity index is 0.00000676. The van der Waals surface area contributed by atoms with E-state index in [1.807, 2.05) is 19.9 Å². The Hall–Kier alpha value is -1.43. The van der Waals surface area contributed by atoms with Crippen molar-refractivity contribution in [2.75, 3.05) is 52.3 Å². The number of guanidine groups is 1. The Bertz CT molecular complexity index is 586. The number of alkyl halides is 3. The molecular weight excluding hydrogens is 476 g/mol. The van der Waals surface area contributed by atoms with Crippen molar-refractivity contribution in [3.8, 4) is 11.5 Å². The highest BCUT2D eigenvalue weighted by atomic mass is 127. The van der Waals surface area contributed by atoms with E-state index in [-0.39, 0.29) is 37.1 Å². The van der Waals surface area contributed by atoms with Gasteiger partial charge in [-0.2, -0.15) is 13.2 Å². The summed E-state index contributed by atoms with van der Waals surface area (Å²) in [6, 6.07) is 5.36. The first-order valence-corrected chi connectivity index (χ1v) is 8.40. The van der Waals surface area contributed by atoms with Crippen molar-refractivity contribution in [2.24, 2.45) is 4.99 Å². The smallest absolute Gasteiger partial charge is 0.401 e. The summed E-state index contributed by atoms with van der Waals surface area (Å²) in [6.07, 6.45) is -4.21. The van der Waals surface area contributed by atoms with Gasteiger partial charge in [0.25, 0.3) is 0 Å². The molecule has 0 amide bonds. The molecule has 0 bridgehead atoms. The van der Waals surface area contributed by atoms with Gasteiger partial charge in [0.15, 0.2) is 17.5 Å². The number of hydrogen-bond acceptors (Lipinski definition) is 4. The number of likely N-dealkylation sites (N-methyl/N-ethyl adjacent to an activating group) is 1. The second kappa shape index (κ2) is 12.9. The van der Waals surface area contributed by atoms with E-state index in [1.54, 1.807) is 19.2 Å². The lowest BCUT2D eigenvalue weighted by molar-refractivity contribution is -0.142. The van der Waals surface area contributed by atoms with Gasteiger partial charge >= 0.3 is 6.18 Å². The Kier molecular flexibility index (Phi) is 12.2. The molecule has 0 unspecified atom stereocenters. The second-order valence-corrected chi connectivity index (χ2v) is 5.54. The predicted molar refractivity (Wildman–Crippen MR) is 113 cm³/mol. The third-order valence-corrected chi connectivity index (χ3v) is 3.27. The summed E-state index contributed by atoms with van der Waals surface area (Å²) < 4.78 is 47.8. The first-order chi connectivity index (χ1) is 12.3. The molecule has 2 N–H and O–H groups in total. The van der Waals surface area contributed by atoms with Crippen LogP contribution in [0.5, 0.6) is 11.5 Å². The molecule has 0 radical (unpaired) electrons. The number of rotatable bonds is 9. The average Bonchev–Trinajstić information content (AvgIpc) is 2.54. The fourth-order valence-corrected chi connectivity index (χ4v) is 2.18. The summed E-state index contributed by atoms with van der Waals surface area (Å²) >= 11 is 0. The maximum Gasteiger partial charge on any atom is 0.401 e. The van der Waals surface area contributed by atoms with Crippen LogP contribution in [0.25, 0.3) is 0 Å². The van der Waals surface area contributed by atoms with Gasteiger partial charge in [0.05, 0.1) is 26.8 Å². The van der Waals surface area contributed by atoms with Gasteiger partial charge in [0, 0.05) is 24.8 Å². The van der Waals surface area contributed by atoms with E-state index < -0.39 is 12.7 Å². The summed E-state index contributed by atoms with van der Waals surface area (Å²) in [6.45, 7) is 4.38. The van der Waals surface area contributed by atoms with E-state index in [9.17, 15) is 13.2 Å².